The summed E-state index contributed by atoms with van der Waals surface area (Å²) in [5, 5.41) is 8.21. The number of anilines is 2. The zero-order chi connectivity index (χ0) is 18.5. The van der Waals surface area contributed by atoms with Crippen LogP contribution < -0.4 is 10.1 Å². The summed E-state index contributed by atoms with van der Waals surface area (Å²) in [4.78, 5) is 2.11. The van der Waals surface area contributed by atoms with Gasteiger partial charge >= 0.3 is 0 Å². The van der Waals surface area contributed by atoms with E-state index in [1.165, 1.54) is 29.0 Å². The number of benzene rings is 2. The van der Waals surface area contributed by atoms with E-state index in [0.29, 0.717) is 21.4 Å². The Morgan fingerprint density at radius 1 is 1.27 bits per heavy atom. The molecule has 5 nitrogen and oxygen atoms in total. The minimum Gasteiger partial charge on any atom is -0.497 e. The highest BCUT2D eigenvalue weighted by Crippen LogP contribution is 2.21. The molecule has 3 aromatic rings. The number of hydrogen-bond acceptors (Lipinski definition) is 6. The first-order valence-electron chi connectivity index (χ1n) is 7.95. The lowest BCUT2D eigenvalue weighted by Crippen LogP contribution is -2.22. The third-order valence-corrected chi connectivity index (χ3v) is 4.89. The lowest BCUT2D eigenvalue weighted by molar-refractivity contribution is 0.245. The predicted molar refractivity (Wildman–Crippen MR) is 105 cm³/mol. The van der Waals surface area contributed by atoms with Crippen LogP contribution in [0, 0.1) is 9.77 Å². The number of halogens is 1. The molecule has 0 unspecified atom stereocenters. The van der Waals surface area contributed by atoms with Gasteiger partial charge in [0.15, 0.2) is 3.95 Å². The lowest BCUT2D eigenvalue weighted by atomic mass is 10.2. The first-order valence-corrected chi connectivity index (χ1v) is 9.18. The van der Waals surface area contributed by atoms with E-state index in [-0.39, 0.29) is 5.82 Å². The predicted octanol–water partition coefficient (Wildman–Crippen LogP) is 4.65. The molecule has 0 aliphatic carbocycles. The molecule has 0 radical (unpaired) electrons. The Labute approximate surface area is 160 Å². The van der Waals surface area contributed by atoms with Gasteiger partial charge in [-0.2, -0.15) is 0 Å². The Kier molecular flexibility index (Phi) is 5.97. The SMILES string of the molecule is COc1ccc(CN(C)Cn2nc(Nc3cccc(F)c3)sc2=S)cc1. The second-order valence-corrected chi connectivity index (χ2v) is 7.43. The zero-order valence-corrected chi connectivity index (χ0v) is 16.1. The van der Waals surface area contributed by atoms with Crippen LogP contribution in [0.25, 0.3) is 0 Å². The first-order chi connectivity index (χ1) is 12.5. The Morgan fingerprint density at radius 3 is 2.73 bits per heavy atom. The highest BCUT2D eigenvalue weighted by Gasteiger charge is 2.08. The Balaban J connectivity index is 1.64. The summed E-state index contributed by atoms with van der Waals surface area (Å²) in [7, 11) is 3.66. The van der Waals surface area contributed by atoms with E-state index >= 15 is 0 Å². The molecule has 0 atom stereocenters. The molecule has 0 saturated carbocycles. The van der Waals surface area contributed by atoms with Gasteiger partial charge in [-0.1, -0.05) is 29.5 Å². The second-order valence-electron chi connectivity index (χ2n) is 5.81. The van der Waals surface area contributed by atoms with Crippen molar-refractivity contribution in [1.29, 1.82) is 0 Å². The summed E-state index contributed by atoms with van der Waals surface area (Å²) in [6.07, 6.45) is 0. The summed E-state index contributed by atoms with van der Waals surface area (Å²) in [5.41, 5.74) is 1.82. The molecule has 136 valence electrons. The third kappa shape index (κ3) is 4.87. The average Bonchev–Trinajstić information content (AvgIpc) is 2.94. The van der Waals surface area contributed by atoms with Crippen molar-refractivity contribution < 1.29 is 9.13 Å². The largest absolute Gasteiger partial charge is 0.497 e. The maximum atomic E-state index is 13.3. The van der Waals surface area contributed by atoms with Crippen LogP contribution in [0.2, 0.25) is 0 Å². The van der Waals surface area contributed by atoms with E-state index in [1.807, 2.05) is 31.3 Å². The van der Waals surface area contributed by atoms with Crippen LogP contribution in [0.15, 0.2) is 48.5 Å². The van der Waals surface area contributed by atoms with Gasteiger partial charge in [-0.15, -0.1) is 5.10 Å². The molecule has 0 bridgehead atoms. The molecule has 1 aromatic heterocycles. The molecule has 8 heteroatoms. The number of methoxy groups -OCH3 is 1. The highest BCUT2D eigenvalue weighted by atomic mass is 32.1. The Morgan fingerprint density at radius 2 is 2.04 bits per heavy atom. The van der Waals surface area contributed by atoms with Crippen molar-refractivity contribution in [1.82, 2.24) is 14.7 Å². The van der Waals surface area contributed by atoms with Crippen LogP contribution in [0.3, 0.4) is 0 Å². The monoisotopic (exact) mass is 390 g/mol. The molecule has 26 heavy (non-hydrogen) atoms. The number of rotatable bonds is 7. The second kappa shape index (κ2) is 8.39. The van der Waals surface area contributed by atoms with Gasteiger partial charge in [0, 0.05) is 12.2 Å². The Hall–Kier alpha value is -2.29. The number of ether oxygens (including phenoxy) is 1. The van der Waals surface area contributed by atoms with Gasteiger partial charge in [0.1, 0.15) is 11.6 Å². The van der Waals surface area contributed by atoms with E-state index < -0.39 is 0 Å². The minimum absolute atomic E-state index is 0.294. The molecular weight excluding hydrogens is 371 g/mol. The smallest absolute Gasteiger partial charge is 0.209 e. The van der Waals surface area contributed by atoms with Gasteiger partial charge < -0.3 is 10.1 Å². The van der Waals surface area contributed by atoms with Crippen LogP contribution in [-0.4, -0.2) is 28.8 Å². The molecule has 0 aliphatic heterocycles. The topological polar surface area (TPSA) is 42.3 Å². The van der Waals surface area contributed by atoms with E-state index in [0.717, 1.165) is 12.3 Å². The fourth-order valence-electron chi connectivity index (χ4n) is 2.46. The quantitative estimate of drug-likeness (QED) is 0.595. The molecule has 2 aromatic carbocycles. The van der Waals surface area contributed by atoms with Gasteiger partial charge in [-0.3, -0.25) is 4.90 Å². The maximum Gasteiger partial charge on any atom is 0.209 e. The number of aromatic nitrogens is 2. The van der Waals surface area contributed by atoms with E-state index in [9.17, 15) is 4.39 Å². The van der Waals surface area contributed by atoms with Crippen molar-refractivity contribution in [2.24, 2.45) is 0 Å². The van der Waals surface area contributed by atoms with Gasteiger partial charge in [0.25, 0.3) is 0 Å². The maximum absolute atomic E-state index is 13.3. The molecular formula is C18H19FN4OS2. The summed E-state index contributed by atoms with van der Waals surface area (Å²) in [5.74, 6) is 0.545. The summed E-state index contributed by atoms with van der Waals surface area (Å²) >= 11 is 6.75. The van der Waals surface area contributed by atoms with Crippen molar-refractivity contribution in [3.8, 4) is 5.75 Å². The van der Waals surface area contributed by atoms with Crippen LogP contribution >= 0.6 is 23.6 Å². The van der Waals surface area contributed by atoms with Crippen LogP contribution in [0.5, 0.6) is 5.75 Å². The standard InChI is InChI=1S/C18H19FN4OS2/c1-22(11-13-6-8-16(24-2)9-7-13)12-23-18(25)26-17(21-23)20-15-5-3-4-14(19)10-15/h3-10H,11-12H2,1-2H3,(H,20,21). The van der Waals surface area contributed by atoms with E-state index in [4.69, 9.17) is 17.0 Å². The van der Waals surface area contributed by atoms with Gasteiger partial charge in [0.05, 0.1) is 13.8 Å². The average molecular weight is 391 g/mol. The van der Waals surface area contributed by atoms with Crippen LogP contribution in [0.1, 0.15) is 5.56 Å². The van der Waals surface area contributed by atoms with Crippen molar-refractivity contribution in [3.63, 3.8) is 0 Å². The molecule has 0 saturated heterocycles. The van der Waals surface area contributed by atoms with E-state index in [1.54, 1.807) is 23.9 Å². The Bertz CT molecular complexity index is 923. The lowest BCUT2D eigenvalue weighted by Gasteiger charge is -2.16. The minimum atomic E-state index is -0.294. The number of nitrogens with zero attached hydrogens (tertiary/aromatic N) is 3. The fraction of sp³-hybridized carbons (Fsp3) is 0.222. The summed E-state index contributed by atoms with van der Waals surface area (Å²) < 4.78 is 20.9. The zero-order valence-electron chi connectivity index (χ0n) is 14.5. The molecule has 0 spiro atoms. The van der Waals surface area contributed by atoms with Crippen molar-refractivity contribution in [3.05, 3.63) is 63.9 Å². The molecule has 1 heterocycles. The molecule has 1 N–H and O–H groups in total. The third-order valence-electron chi connectivity index (χ3n) is 3.67. The highest BCUT2D eigenvalue weighted by molar-refractivity contribution is 7.73. The molecule has 0 aliphatic rings. The normalized spacial score (nSPS) is 10.9. The van der Waals surface area contributed by atoms with Crippen molar-refractivity contribution in [2.45, 2.75) is 13.2 Å². The van der Waals surface area contributed by atoms with Crippen molar-refractivity contribution in [2.75, 3.05) is 19.5 Å². The van der Waals surface area contributed by atoms with E-state index in [2.05, 4.69) is 15.3 Å². The van der Waals surface area contributed by atoms with Gasteiger partial charge in [-0.05, 0) is 55.2 Å². The van der Waals surface area contributed by atoms with Gasteiger partial charge in [0.2, 0.25) is 5.13 Å². The fourth-order valence-corrected chi connectivity index (χ4v) is 3.47. The van der Waals surface area contributed by atoms with Crippen LogP contribution in [-0.2, 0) is 13.2 Å². The molecule has 0 fully saturated rings. The molecule has 0 amide bonds. The van der Waals surface area contributed by atoms with Gasteiger partial charge in [-0.25, -0.2) is 9.07 Å². The molecule has 3 rings (SSSR count). The van der Waals surface area contributed by atoms with Crippen LogP contribution in [0.4, 0.5) is 15.2 Å². The summed E-state index contributed by atoms with van der Waals surface area (Å²) in [6.45, 7) is 1.32. The number of hydrogen-bond donors (Lipinski definition) is 1. The summed E-state index contributed by atoms with van der Waals surface area (Å²) in [6, 6.07) is 14.2. The first kappa shape index (κ1) is 18.5. The van der Waals surface area contributed by atoms with Crippen molar-refractivity contribution >= 4 is 34.4 Å². The number of nitrogens with one attached hydrogen (secondary N) is 1.